The maximum absolute atomic E-state index is 14.1. The summed E-state index contributed by atoms with van der Waals surface area (Å²) in [5, 5.41) is 12.6. The van der Waals surface area contributed by atoms with Gasteiger partial charge in [-0.15, -0.1) is 0 Å². The molecule has 6 heteroatoms. The van der Waals surface area contributed by atoms with E-state index in [0.29, 0.717) is 24.2 Å². The van der Waals surface area contributed by atoms with Crippen LogP contribution in [0.15, 0.2) is 54.6 Å². The van der Waals surface area contributed by atoms with Crippen molar-refractivity contribution in [1.82, 2.24) is 9.80 Å². The Labute approximate surface area is 184 Å². The summed E-state index contributed by atoms with van der Waals surface area (Å²) in [6.45, 7) is 4.89. The second kappa shape index (κ2) is 8.00. The highest BCUT2D eigenvalue weighted by atomic mass is 16.3. The number of hydrogen-bond acceptors (Lipinski definition) is 3. The SMILES string of the molecule is CCCCN1C(=O)N(CCCC)[C@@]2(C(=O)N(C)c3ccccc32)[C@@]1(O)c1ccccc1. The molecule has 3 amide bonds. The number of unbranched alkanes of at least 4 members (excludes halogenated alkanes) is 2. The predicted molar refractivity (Wildman–Crippen MR) is 120 cm³/mol. The van der Waals surface area contributed by atoms with Crippen molar-refractivity contribution in [2.45, 2.75) is 50.8 Å². The van der Waals surface area contributed by atoms with Gasteiger partial charge in [-0.2, -0.15) is 0 Å². The van der Waals surface area contributed by atoms with Gasteiger partial charge in [-0.25, -0.2) is 4.79 Å². The van der Waals surface area contributed by atoms with E-state index in [9.17, 15) is 14.7 Å². The number of para-hydroxylation sites is 1. The van der Waals surface area contributed by atoms with Crippen LogP contribution in [0.4, 0.5) is 10.5 Å². The summed E-state index contributed by atoms with van der Waals surface area (Å²) in [4.78, 5) is 32.6. The van der Waals surface area contributed by atoms with Gasteiger partial charge in [-0.05, 0) is 18.9 Å². The van der Waals surface area contributed by atoms with Crippen LogP contribution < -0.4 is 4.90 Å². The molecule has 2 aliphatic heterocycles. The number of nitrogens with zero attached hydrogens (tertiary/aromatic N) is 3. The molecule has 0 bridgehead atoms. The van der Waals surface area contributed by atoms with Gasteiger partial charge in [-0.3, -0.25) is 9.69 Å². The normalized spacial score (nSPS) is 25.1. The molecule has 0 aliphatic carbocycles. The molecule has 1 N–H and O–H groups in total. The molecule has 2 heterocycles. The summed E-state index contributed by atoms with van der Waals surface area (Å²) in [5.74, 6) is -0.275. The average molecular weight is 422 g/mol. The van der Waals surface area contributed by atoms with Gasteiger partial charge < -0.3 is 14.9 Å². The Morgan fingerprint density at radius 1 is 0.839 bits per heavy atom. The van der Waals surface area contributed by atoms with Gasteiger partial charge in [0.25, 0.3) is 5.91 Å². The molecule has 6 nitrogen and oxygen atoms in total. The van der Waals surface area contributed by atoms with Crippen molar-refractivity contribution in [1.29, 1.82) is 0 Å². The number of carbonyl (C=O) groups excluding carboxylic acids is 2. The number of fused-ring (bicyclic) bond motifs is 2. The van der Waals surface area contributed by atoms with Gasteiger partial charge in [-0.1, -0.05) is 75.2 Å². The van der Waals surface area contributed by atoms with Gasteiger partial charge in [0.05, 0.1) is 0 Å². The van der Waals surface area contributed by atoms with Crippen LogP contribution in [-0.2, 0) is 16.1 Å². The summed E-state index contributed by atoms with van der Waals surface area (Å²) in [7, 11) is 1.72. The lowest BCUT2D eigenvalue weighted by molar-refractivity contribution is -0.164. The zero-order chi connectivity index (χ0) is 22.2. The van der Waals surface area contributed by atoms with Gasteiger partial charge >= 0.3 is 6.03 Å². The van der Waals surface area contributed by atoms with E-state index in [1.165, 1.54) is 4.90 Å². The molecule has 2 atom stereocenters. The Kier molecular flexibility index (Phi) is 5.52. The third kappa shape index (κ3) is 2.74. The molecule has 2 aromatic carbocycles. The Bertz CT molecular complexity index is 979. The molecule has 1 fully saturated rings. The fourth-order valence-corrected chi connectivity index (χ4v) is 5.14. The largest absolute Gasteiger partial charge is 0.364 e. The summed E-state index contributed by atoms with van der Waals surface area (Å²) < 4.78 is 0. The van der Waals surface area contributed by atoms with E-state index < -0.39 is 11.3 Å². The summed E-state index contributed by atoms with van der Waals surface area (Å²) in [6, 6.07) is 16.4. The van der Waals surface area contributed by atoms with Crippen molar-refractivity contribution >= 4 is 17.6 Å². The van der Waals surface area contributed by atoms with E-state index in [-0.39, 0.29) is 11.9 Å². The lowest BCUT2D eigenvalue weighted by atomic mass is 9.76. The minimum atomic E-state index is -1.81. The molecule has 31 heavy (non-hydrogen) atoms. The molecular formula is C25H31N3O3. The molecule has 2 aromatic rings. The summed E-state index contributed by atoms with van der Waals surface area (Å²) in [6.07, 6.45) is 3.24. The zero-order valence-corrected chi connectivity index (χ0v) is 18.5. The summed E-state index contributed by atoms with van der Waals surface area (Å²) in [5.41, 5.74) is -1.38. The monoisotopic (exact) mass is 421 g/mol. The lowest BCUT2D eigenvalue weighted by Gasteiger charge is -2.43. The molecule has 0 saturated carbocycles. The Hall–Kier alpha value is -2.86. The number of amides is 3. The van der Waals surface area contributed by atoms with E-state index >= 15 is 0 Å². The number of rotatable bonds is 7. The standard InChI is InChI=1S/C25H31N3O3/c1-4-6-17-27-23(30)28(18-7-5-2)25(31,19-13-9-8-10-14-19)24(27)20-15-11-12-16-21(20)26(3)22(24)29/h8-16,31H,4-7,17-18H2,1-3H3/t24-,25-/m0/s1. The van der Waals surface area contributed by atoms with Gasteiger partial charge in [0.1, 0.15) is 0 Å². The fourth-order valence-electron chi connectivity index (χ4n) is 5.14. The minimum absolute atomic E-state index is 0.275. The average Bonchev–Trinajstić information content (AvgIpc) is 3.14. The quantitative estimate of drug-likeness (QED) is 0.734. The lowest BCUT2D eigenvalue weighted by Crippen LogP contribution is -2.62. The maximum Gasteiger partial charge on any atom is 0.323 e. The van der Waals surface area contributed by atoms with E-state index in [2.05, 4.69) is 13.8 Å². The number of hydrogen-bond donors (Lipinski definition) is 1. The number of likely N-dealkylation sites (N-methyl/N-ethyl adjacent to an activating group) is 1. The van der Waals surface area contributed by atoms with Crippen molar-refractivity contribution in [2.24, 2.45) is 0 Å². The molecule has 4 rings (SSSR count). The first-order valence-electron chi connectivity index (χ1n) is 11.2. The number of aliphatic hydroxyl groups is 1. The maximum atomic E-state index is 14.1. The van der Waals surface area contributed by atoms with Crippen LogP contribution >= 0.6 is 0 Å². The van der Waals surface area contributed by atoms with Gasteiger partial charge in [0.2, 0.25) is 11.3 Å². The highest BCUT2D eigenvalue weighted by molar-refractivity contribution is 6.11. The van der Waals surface area contributed by atoms with E-state index in [1.54, 1.807) is 16.8 Å². The molecule has 2 aliphatic rings. The molecular weight excluding hydrogens is 390 g/mol. The summed E-state index contributed by atoms with van der Waals surface area (Å²) >= 11 is 0. The van der Waals surface area contributed by atoms with Crippen LogP contribution in [0, 0.1) is 0 Å². The van der Waals surface area contributed by atoms with Crippen molar-refractivity contribution in [2.75, 3.05) is 25.0 Å². The first-order chi connectivity index (χ1) is 15.0. The number of anilines is 1. The van der Waals surface area contributed by atoms with Crippen molar-refractivity contribution in [3.63, 3.8) is 0 Å². The van der Waals surface area contributed by atoms with Gasteiger partial charge in [0.15, 0.2) is 0 Å². The first-order valence-corrected chi connectivity index (χ1v) is 11.2. The van der Waals surface area contributed by atoms with E-state index in [4.69, 9.17) is 0 Å². The number of carbonyl (C=O) groups is 2. The topological polar surface area (TPSA) is 64.1 Å². The molecule has 1 saturated heterocycles. The van der Waals surface area contributed by atoms with Crippen LogP contribution in [-0.4, -0.2) is 47.0 Å². The van der Waals surface area contributed by atoms with Crippen LogP contribution in [0.25, 0.3) is 0 Å². The third-order valence-corrected chi connectivity index (χ3v) is 6.68. The Morgan fingerprint density at radius 2 is 1.42 bits per heavy atom. The molecule has 0 radical (unpaired) electrons. The second-order valence-electron chi connectivity index (χ2n) is 8.42. The molecule has 164 valence electrons. The molecule has 1 spiro atoms. The highest BCUT2D eigenvalue weighted by Crippen LogP contribution is 2.59. The van der Waals surface area contributed by atoms with E-state index in [1.807, 2.05) is 54.6 Å². The zero-order valence-electron chi connectivity index (χ0n) is 18.5. The van der Waals surface area contributed by atoms with Crippen LogP contribution in [0.2, 0.25) is 0 Å². The van der Waals surface area contributed by atoms with Gasteiger partial charge in [0, 0.05) is 37.0 Å². The second-order valence-corrected chi connectivity index (χ2v) is 8.42. The van der Waals surface area contributed by atoms with Crippen molar-refractivity contribution < 1.29 is 14.7 Å². The molecule has 0 unspecified atom stereocenters. The number of benzene rings is 2. The van der Waals surface area contributed by atoms with Crippen LogP contribution in [0.1, 0.15) is 50.7 Å². The van der Waals surface area contributed by atoms with Crippen LogP contribution in [0.3, 0.4) is 0 Å². The minimum Gasteiger partial charge on any atom is -0.364 e. The first kappa shape index (κ1) is 21.4. The van der Waals surface area contributed by atoms with Crippen LogP contribution in [0.5, 0.6) is 0 Å². The Morgan fingerprint density at radius 3 is 2.06 bits per heavy atom. The number of urea groups is 1. The van der Waals surface area contributed by atoms with Crippen molar-refractivity contribution in [3.8, 4) is 0 Å². The third-order valence-electron chi connectivity index (χ3n) is 6.68. The van der Waals surface area contributed by atoms with Crippen molar-refractivity contribution in [3.05, 3.63) is 65.7 Å². The fraction of sp³-hybridized carbons (Fsp3) is 0.440. The highest BCUT2D eigenvalue weighted by Gasteiger charge is 2.75. The smallest absolute Gasteiger partial charge is 0.323 e. The molecule has 0 aromatic heterocycles. The predicted octanol–water partition coefficient (Wildman–Crippen LogP) is 4.04. The Balaban J connectivity index is 2.05. The van der Waals surface area contributed by atoms with E-state index in [0.717, 1.165) is 31.4 Å².